The molecule has 1 fully saturated rings. The molecule has 1 heterocycles. The van der Waals surface area contributed by atoms with E-state index < -0.39 is 12.1 Å². The van der Waals surface area contributed by atoms with Crippen molar-refractivity contribution in [1.29, 1.82) is 0 Å². The van der Waals surface area contributed by atoms with Crippen LogP contribution in [0.2, 0.25) is 5.02 Å². The summed E-state index contributed by atoms with van der Waals surface area (Å²) in [6, 6.07) is 14.9. The monoisotopic (exact) mass is 442 g/mol. The van der Waals surface area contributed by atoms with Crippen LogP contribution in [-0.4, -0.2) is 47.7 Å². The average molecular weight is 443 g/mol. The van der Waals surface area contributed by atoms with Crippen molar-refractivity contribution in [2.45, 2.75) is 43.7 Å². The van der Waals surface area contributed by atoms with E-state index in [2.05, 4.69) is 29.6 Å². The normalized spacial score (nSPS) is 17.9. The van der Waals surface area contributed by atoms with Gasteiger partial charge in [-0.3, -0.25) is 4.79 Å². The topological polar surface area (TPSA) is 78.9 Å². The highest BCUT2D eigenvalue weighted by Crippen LogP contribution is 2.46. The third kappa shape index (κ3) is 4.86. The van der Waals surface area contributed by atoms with E-state index in [1.807, 2.05) is 12.1 Å². The molecule has 0 saturated carbocycles. The minimum atomic E-state index is -1.23. The van der Waals surface area contributed by atoms with Crippen molar-refractivity contribution in [2.24, 2.45) is 0 Å². The molecule has 164 valence electrons. The van der Waals surface area contributed by atoms with Crippen LogP contribution in [0, 0.1) is 0 Å². The van der Waals surface area contributed by atoms with Gasteiger partial charge in [0.05, 0.1) is 13.2 Å². The first-order valence-electron chi connectivity index (χ1n) is 10.7. The summed E-state index contributed by atoms with van der Waals surface area (Å²) in [7, 11) is 0. The molecule has 2 aliphatic rings. The zero-order valence-electron chi connectivity index (χ0n) is 17.4. The van der Waals surface area contributed by atoms with Crippen LogP contribution in [0.1, 0.15) is 36.0 Å². The number of nitrogens with one attached hydrogen (secondary N) is 1. The van der Waals surface area contributed by atoms with Crippen LogP contribution in [0.25, 0.3) is 0 Å². The first-order chi connectivity index (χ1) is 15.0. The zero-order valence-corrected chi connectivity index (χ0v) is 18.1. The first kappa shape index (κ1) is 21.7. The Bertz CT molecular complexity index is 939. The highest BCUT2D eigenvalue weighted by molar-refractivity contribution is 6.30. The smallest absolute Gasteiger partial charge is 0.405 e. The Kier molecular flexibility index (Phi) is 6.49. The van der Waals surface area contributed by atoms with Crippen LogP contribution >= 0.6 is 11.6 Å². The molecule has 1 atom stereocenters. The molecule has 6 nitrogen and oxygen atoms in total. The second-order valence-corrected chi connectivity index (χ2v) is 8.84. The molecular formula is C24H27ClN2O4. The number of carboxylic acid groups (broad SMARTS) is 1. The van der Waals surface area contributed by atoms with Crippen molar-refractivity contribution in [2.75, 3.05) is 19.7 Å². The lowest BCUT2D eigenvalue weighted by atomic mass is 9.74. The van der Waals surface area contributed by atoms with E-state index in [1.54, 1.807) is 17.0 Å². The maximum atomic E-state index is 13.1. The molecule has 2 aromatic carbocycles. The van der Waals surface area contributed by atoms with E-state index in [4.69, 9.17) is 16.3 Å². The number of benzene rings is 2. The van der Waals surface area contributed by atoms with Gasteiger partial charge in [-0.1, -0.05) is 48.0 Å². The van der Waals surface area contributed by atoms with Gasteiger partial charge in [0.2, 0.25) is 5.91 Å². The number of carbonyl (C=O) groups excluding carboxylic acids is 1. The minimum absolute atomic E-state index is 0.0156. The molecule has 0 radical (unpaired) electrons. The first-order valence-corrected chi connectivity index (χ1v) is 11.0. The predicted octanol–water partition coefficient (Wildman–Crippen LogP) is 4.00. The summed E-state index contributed by atoms with van der Waals surface area (Å²) in [5.41, 5.74) is 3.90. The van der Waals surface area contributed by atoms with Crippen molar-refractivity contribution >= 4 is 23.6 Å². The van der Waals surface area contributed by atoms with Gasteiger partial charge < -0.3 is 20.1 Å². The third-order valence-corrected chi connectivity index (χ3v) is 6.81. The number of hydrogen-bond donors (Lipinski definition) is 2. The molecule has 2 amide bonds. The minimum Gasteiger partial charge on any atom is -0.465 e. The van der Waals surface area contributed by atoms with E-state index in [0.29, 0.717) is 18.1 Å². The molecule has 1 aliphatic carbocycles. The van der Waals surface area contributed by atoms with Crippen LogP contribution in [0.4, 0.5) is 4.79 Å². The molecule has 0 bridgehead atoms. The SMILES string of the molecule is O=C(O)N[C@H](COCc1ccc(Cl)cc1)C(=O)N1CCC2(CCc3ccccc32)CC1. The van der Waals surface area contributed by atoms with Gasteiger partial charge in [0.1, 0.15) is 6.04 Å². The number of likely N-dealkylation sites (tertiary alicyclic amines) is 1. The molecule has 4 rings (SSSR count). The number of halogens is 1. The van der Waals surface area contributed by atoms with Gasteiger partial charge in [0, 0.05) is 18.1 Å². The van der Waals surface area contributed by atoms with Crippen LogP contribution in [-0.2, 0) is 28.0 Å². The Balaban J connectivity index is 1.35. The van der Waals surface area contributed by atoms with Crippen LogP contribution in [0.15, 0.2) is 48.5 Å². The molecule has 31 heavy (non-hydrogen) atoms. The highest BCUT2D eigenvalue weighted by Gasteiger charge is 2.42. The highest BCUT2D eigenvalue weighted by atomic mass is 35.5. The molecule has 1 aliphatic heterocycles. The number of aryl methyl sites for hydroxylation is 1. The van der Waals surface area contributed by atoms with Crippen molar-refractivity contribution in [3.05, 3.63) is 70.2 Å². The number of carbonyl (C=O) groups is 2. The average Bonchev–Trinajstić information content (AvgIpc) is 3.12. The summed E-state index contributed by atoms with van der Waals surface area (Å²) in [4.78, 5) is 26.1. The van der Waals surface area contributed by atoms with Crippen molar-refractivity contribution in [1.82, 2.24) is 10.2 Å². The predicted molar refractivity (Wildman–Crippen MR) is 118 cm³/mol. The number of ether oxygens (including phenoxy) is 1. The van der Waals surface area contributed by atoms with E-state index in [1.165, 1.54) is 11.1 Å². The molecule has 1 saturated heterocycles. The summed E-state index contributed by atoms with van der Waals surface area (Å²) in [5.74, 6) is -0.223. The molecular weight excluding hydrogens is 416 g/mol. The van der Waals surface area contributed by atoms with Gasteiger partial charge in [-0.15, -0.1) is 0 Å². The summed E-state index contributed by atoms with van der Waals surface area (Å²) in [6.07, 6.45) is 2.79. The fourth-order valence-electron chi connectivity index (χ4n) is 4.86. The van der Waals surface area contributed by atoms with E-state index in [9.17, 15) is 14.7 Å². The summed E-state index contributed by atoms with van der Waals surface area (Å²) in [6.45, 7) is 1.52. The van der Waals surface area contributed by atoms with Crippen molar-refractivity contribution in [3.63, 3.8) is 0 Å². The Labute approximate surface area is 187 Å². The number of rotatable bonds is 6. The lowest BCUT2D eigenvalue weighted by molar-refractivity contribution is -0.136. The summed E-state index contributed by atoms with van der Waals surface area (Å²) < 4.78 is 5.66. The lowest BCUT2D eigenvalue weighted by Gasteiger charge is -2.41. The Morgan fingerprint density at radius 1 is 1.10 bits per heavy atom. The van der Waals surface area contributed by atoms with Gasteiger partial charge in [0.15, 0.2) is 0 Å². The Hall–Kier alpha value is -2.57. The number of piperidine rings is 1. The quantitative estimate of drug-likeness (QED) is 0.708. The van der Waals surface area contributed by atoms with Crippen LogP contribution < -0.4 is 5.32 Å². The number of nitrogens with zero attached hydrogens (tertiary/aromatic N) is 1. The molecule has 0 aromatic heterocycles. The molecule has 2 aromatic rings. The number of fused-ring (bicyclic) bond motifs is 2. The van der Waals surface area contributed by atoms with Gasteiger partial charge in [-0.2, -0.15) is 0 Å². The fourth-order valence-corrected chi connectivity index (χ4v) is 4.98. The fraction of sp³-hybridized carbons (Fsp3) is 0.417. The molecule has 0 unspecified atom stereocenters. The van der Waals surface area contributed by atoms with Gasteiger partial charge >= 0.3 is 6.09 Å². The maximum absolute atomic E-state index is 13.1. The van der Waals surface area contributed by atoms with Crippen LogP contribution in [0.5, 0.6) is 0 Å². The zero-order chi connectivity index (χ0) is 21.8. The number of amides is 2. The second kappa shape index (κ2) is 9.28. The van der Waals surface area contributed by atoms with Crippen LogP contribution in [0.3, 0.4) is 0 Å². The number of hydrogen-bond acceptors (Lipinski definition) is 3. The second-order valence-electron chi connectivity index (χ2n) is 8.41. The van der Waals surface area contributed by atoms with Gasteiger partial charge in [0.25, 0.3) is 0 Å². The van der Waals surface area contributed by atoms with Crippen molar-refractivity contribution in [3.8, 4) is 0 Å². The van der Waals surface area contributed by atoms with E-state index in [-0.39, 0.29) is 24.5 Å². The molecule has 2 N–H and O–H groups in total. The van der Waals surface area contributed by atoms with Gasteiger partial charge in [-0.25, -0.2) is 4.79 Å². The molecule has 7 heteroatoms. The van der Waals surface area contributed by atoms with E-state index >= 15 is 0 Å². The largest absolute Gasteiger partial charge is 0.465 e. The Morgan fingerprint density at radius 3 is 2.52 bits per heavy atom. The van der Waals surface area contributed by atoms with E-state index in [0.717, 1.165) is 31.2 Å². The lowest BCUT2D eigenvalue weighted by Crippen LogP contribution is -2.54. The van der Waals surface area contributed by atoms with Gasteiger partial charge in [-0.05, 0) is 59.9 Å². The standard InChI is InChI=1S/C24H27ClN2O4/c25-19-7-5-17(6-8-19)15-31-16-21(26-23(29)30)22(28)27-13-11-24(12-14-27)10-9-18-3-1-2-4-20(18)24/h1-8,21,26H,9-16H2,(H,29,30)/t21-/m1/s1. The molecule has 1 spiro atoms. The third-order valence-electron chi connectivity index (χ3n) is 6.56. The maximum Gasteiger partial charge on any atom is 0.405 e. The Morgan fingerprint density at radius 2 is 1.81 bits per heavy atom. The summed E-state index contributed by atoms with van der Waals surface area (Å²) in [5, 5.41) is 12.2. The van der Waals surface area contributed by atoms with Crippen molar-refractivity contribution < 1.29 is 19.4 Å². The summed E-state index contributed by atoms with van der Waals surface area (Å²) >= 11 is 5.89.